The Labute approximate surface area is 130 Å². The van der Waals surface area contributed by atoms with Gasteiger partial charge < -0.3 is 16.0 Å². The molecule has 4 nitrogen and oxygen atoms in total. The lowest BCUT2D eigenvalue weighted by Gasteiger charge is -2.05. The highest BCUT2D eigenvalue weighted by atomic mass is 79.9. The molecular weight excluding hydrogens is 330 g/mol. The van der Waals surface area contributed by atoms with Gasteiger partial charge in [-0.05, 0) is 55.0 Å². The van der Waals surface area contributed by atoms with Crippen molar-refractivity contribution >= 4 is 44.1 Å². The fraction of sp³-hybridized carbons (Fsp3) is 0.0625. The number of aryl methyl sites for hydroxylation is 1. The van der Waals surface area contributed by atoms with Crippen LogP contribution in [0.2, 0.25) is 0 Å². The fourth-order valence-electron chi connectivity index (χ4n) is 2.19. The monoisotopic (exact) mass is 343 g/mol. The summed E-state index contributed by atoms with van der Waals surface area (Å²) in [5, 5.41) is 3.80. The topological polar surface area (TPSA) is 70.9 Å². The van der Waals surface area contributed by atoms with Crippen molar-refractivity contribution in [2.75, 3.05) is 11.1 Å². The molecule has 0 atom stereocenters. The molecule has 0 saturated carbocycles. The molecule has 0 spiro atoms. The van der Waals surface area contributed by atoms with Gasteiger partial charge in [0.05, 0.1) is 0 Å². The molecule has 0 aliphatic carbocycles. The van der Waals surface area contributed by atoms with Crippen LogP contribution in [0.3, 0.4) is 0 Å². The number of halogens is 1. The molecule has 5 heteroatoms. The van der Waals surface area contributed by atoms with E-state index in [1.165, 1.54) is 0 Å². The number of hydrogen-bond acceptors (Lipinski definition) is 2. The van der Waals surface area contributed by atoms with E-state index in [2.05, 4.69) is 26.2 Å². The SMILES string of the molecule is Cc1cc(NC(=O)c2cc3cc(N)ccc3[nH]2)ccc1Br. The normalized spacial score (nSPS) is 10.8. The fourth-order valence-corrected chi connectivity index (χ4v) is 2.44. The standard InChI is InChI=1S/C16H14BrN3O/c1-9-6-12(3-4-13(9)17)19-16(21)15-8-10-7-11(18)2-5-14(10)20-15/h2-8,20H,18H2,1H3,(H,19,21). The number of aromatic amines is 1. The highest BCUT2D eigenvalue weighted by molar-refractivity contribution is 9.10. The van der Waals surface area contributed by atoms with E-state index >= 15 is 0 Å². The highest BCUT2D eigenvalue weighted by Gasteiger charge is 2.10. The number of H-pyrrole nitrogens is 1. The van der Waals surface area contributed by atoms with Gasteiger partial charge in [0.2, 0.25) is 0 Å². The first-order chi connectivity index (χ1) is 10.0. The molecule has 2 aromatic carbocycles. The third-order valence-corrected chi connectivity index (χ3v) is 4.19. The Hall–Kier alpha value is -2.27. The summed E-state index contributed by atoms with van der Waals surface area (Å²) in [4.78, 5) is 15.4. The van der Waals surface area contributed by atoms with Crippen molar-refractivity contribution in [1.29, 1.82) is 0 Å². The lowest BCUT2D eigenvalue weighted by atomic mass is 10.2. The summed E-state index contributed by atoms with van der Waals surface area (Å²) < 4.78 is 1.02. The van der Waals surface area contributed by atoms with Crippen LogP contribution < -0.4 is 11.1 Å². The Kier molecular flexibility index (Phi) is 3.43. The number of nitrogen functional groups attached to an aromatic ring is 1. The Balaban J connectivity index is 1.87. The molecule has 0 aliphatic rings. The van der Waals surface area contributed by atoms with Gasteiger partial charge in [-0.2, -0.15) is 0 Å². The van der Waals surface area contributed by atoms with E-state index in [1.54, 1.807) is 12.1 Å². The maximum absolute atomic E-state index is 12.3. The van der Waals surface area contributed by atoms with Crippen LogP contribution in [0.1, 0.15) is 16.1 Å². The minimum atomic E-state index is -0.175. The average Bonchev–Trinajstić information content (AvgIpc) is 2.86. The molecule has 0 aliphatic heterocycles. The zero-order chi connectivity index (χ0) is 15.0. The lowest BCUT2D eigenvalue weighted by Crippen LogP contribution is -2.12. The van der Waals surface area contributed by atoms with Gasteiger partial charge in [-0.1, -0.05) is 15.9 Å². The zero-order valence-electron chi connectivity index (χ0n) is 11.4. The van der Waals surface area contributed by atoms with Crippen LogP contribution >= 0.6 is 15.9 Å². The van der Waals surface area contributed by atoms with Crippen LogP contribution in [0.4, 0.5) is 11.4 Å². The van der Waals surface area contributed by atoms with Crippen molar-refractivity contribution in [1.82, 2.24) is 4.98 Å². The van der Waals surface area contributed by atoms with Gasteiger partial charge in [-0.3, -0.25) is 4.79 Å². The molecule has 0 bridgehead atoms. The van der Waals surface area contributed by atoms with E-state index in [-0.39, 0.29) is 5.91 Å². The van der Waals surface area contributed by atoms with Crippen molar-refractivity contribution in [3.05, 3.63) is 58.2 Å². The predicted molar refractivity (Wildman–Crippen MR) is 89.5 cm³/mol. The smallest absolute Gasteiger partial charge is 0.272 e. The number of amides is 1. The first kappa shape index (κ1) is 13.7. The Morgan fingerprint density at radius 2 is 2.00 bits per heavy atom. The van der Waals surface area contributed by atoms with Crippen LogP contribution in [0.5, 0.6) is 0 Å². The number of aromatic nitrogens is 1. The third kappa shape index (κ3) is 2.78. The maximum atomic E-state index is 12.3. The number of benzene rings is 2. The van der Waals surface area contributed by atoms with Crippen molar-refractivity contribution in [2.45, 2.75) is 6.92 Å². The van der Waals surface area contributed by atoms with Crippen molar-refractivity contribution in [2.24, 2.45) is 0 Å². The average molecular weight is 344 g/mol. The van der Waals surface area contributed by atoms with Crippen molar-refractivity contribution < 1.29 is 4.79 Å². The van der Waals surface area contributed by atoms with E-state index in [1.807, 2.05) is 37.3 Å². The largest absolute Gasteiger partial charge is 0.399 e. The van der Waals surface area contributed by atoms with Gasteiger partial charge >= 0.3 is 0 Å². The van der Waals surface area contributed by atoms with Gasteiger partial charge in [0.25, 0.3) is 5.91 Å². The quantitative estimate of drug-likeness (QED) is 0.613. The number of anilines is 2. The summed E-state index contributed by atoms with van der Waals surface area (Å²) in [6, 6.07) is 13.0. The Morgan fingerprint density at radius 1 is 1.19 bits per heavy atom. The molecule has 0 unspecified atom stereocenters. The predicted octanol–water partition coefficient (Wildman–Crippen LogP) is 4.07. The van der Waals surface area contributed by atoms with E-state index in [4.69, 9.17) is 5.73 Å². The number of carbonyl (C=O) groups is 1. The van der Waals surface area contributed by atoms with Gasteiger partial charge in [0, 0.05) is 26.8 Å². The Morgan fingerprint density at radius 3 is 2.76 bits per heavy atom. The first-order valence-corrected chi connectivity index (χ1v) is 7.28. The number of nitrogens with one attached hydrogen (secondary N) is 2. The van der Waals surface area contributed by atoms with Gasteiger partial charge in [-0.25, -0.2) is 0 Å². The van der Waals surface area contributed by atoms with Crippen LogP contribution in [0.15, 0.2) is 46.9 Å². The molecule has 21 heavy (non-hydrogen) atoms. The number of hydrogen-bond donors (Lipinski definition) is 3. The van der Waals surface area contributed by atoms with Crippen LogP contribution in [-0.2, 0) is 0 Å². The minimum Gasteiger partial charge on any atom is -0.399 e. The molecule has 106 valence electrons. The number of fused-ring (bicyclic) bond motifs is 1. The Bertz CT molecular complexity index is 839. The molecule has 0 saturated heterocycles. The lowest BCUT2D eigenvalue weighted by molar-refractivity contribution is 0.102. The van der Waals surface area contributed by atoms with Gasteiger partial charge in [-0.15, -0.1) is 0 Å². The van der Waals surface area contributed by atoms with Gasteiger partial charge in [0.1, 0.15) is 5.69 Å². The maximum Gasteiger partial charge on any atom is 0.272 e. The summed E-state index contributed by atoms with van der Waals surface area (Å²) in [7, 11) is 0. The summed E-state index contributed by atoms with van der Waals surface area (Å²) in [6.45, 7) is 1.98. The number of rotatable bonds is 2. The summed E-state index contributed by atoms with van der Waals surface area (Å²) in [5.41, 5.74) is 9.65. The highest BCUT2D eigenvalue weighted by Crippen LogP contribution is 2.22. The summed E-state index contributed by atoms with van der Waals surface area (Å²) in [5.74, 6) is -0.175. The molecule has 1 heterocycles. The molecular formula is C16H14BrN3O. The molecule has 4 N–H and O–H groups in total. The van der Waals surface area contributed by atoms with Gasteiger partial charge in [0.15, 0.2) is 0 Å². The minimum absolute atomic E-state index is 0.175. The first-order valence-electron chi connectivity index (χ1n) is 6.49. The third-order valence-electron chi connectivity index (χ3n) is 3.31. The van der Waals surface area contributed by atoms with Crippen LogP contribution in [0, 0.1) is 6.92 Å². The van der Waals surface area contributed by atoms with E-state index < -0.39 is 0 Å². The molecule has 3 rings (SSSR count). The second-order valence-electron chi connectivity index (χ2n) is 4.95. The molecule has 0 fully saturated rings. The number of carbonyl (C=O) groups excluding carboxylic acids is 1. The molecule has 1 aromatic heterocycles. The molecule has 0 radical (unpaired) electrons. The second kappa shape index (κ2) is 5.26. The van der Waals surface area contributed by atoms with Crippen molar-refractivity contribution in [3.63, 3.8) is 0 Å². The summed E-state index contributed by atoms with van der Waals surface area (Å²) in [6.07, 6.45) is 0. The summed E-state index contributed by atoms with van der Waals surface area (Å²) >= 11 is 3.44. The van der Waals surface area contributed by atoms with Crippen molar-refractivity contribution in [3.8, 4) is 0 Å². The van der Waals surface area contributed by atoms with E-state index in [0.29, 0.717) is 11.4 Å². The van der Waals surface area contributed by atoms with Crippen LogP contribution in [-0.4, -0.2) is 10.9 Å². The van der Waals surface area contributed by atoms with E-state index in [0.717, 1.165) is 26.6 Å². The van der Waals surface area contributed by atoms with E-state index in [9.17, 15) is 4.79 Å². The zero-order valence-corrected chi connectivity index (χ0v) is 13.0. The molecule has 1 amide bonds. The number of nitrogens with two attached hydrogens (primary N) is 1. The molecule has 3 aromatic rings. The second-order valence-corrected chi connectivity index (χ2v) is 5.80. The van der Waals surface area contributed by atoms with Crippen LogP contribution in [0.25, 0.3) is 10.9 Å².